The normalized spacial score (nSPS) is 18.2. The summed E-state index contributed by atoms with van der Waals surface area (Å²) < 4.78 is 5.45. The van der Waals surface area contributed by atoms with E-state index >= 15 is 0 Å². The van der Waals surface area contributed by atoms with Crippen LogP contribution in [0.1, 0.15) is 33.1 Å². The van der Waals surface area contributed by atoms with Crippen molar-refractivity contribution in [3.05, 3.63) is 0 Å². The van der Waals surface area contributed by atoms with E-state index in [1.54, 1.807) is 0 Å². The van der Waals surface area contributed by atoms with Crippen molar-refractivity contribution in [2.45, 2.75) is 33.1 Å². The summed E-state index contributed by atoms with van der Waals surface area (Å²) in [6.07, 6.45) is 3.93. The van der Waals surface area contributed by atoms with Gasteiger partial charge in [0.15, 0.2) is 0 Å². The standard InChI is InChI=1S/C13H28N2O/c1-3-9-15(10-11-16-4-2)12-13-5-7-14-8-6-13/h13-14H,3-12H2,1-2H3. The first-order valence-electron chi connectivity index (χ1n) is 6.87. The SMILES string of the molecule is CCCN(CCOCC)CC1CCNCC1. The molecule has 0 unspecified atom stereocenters. The molecule has 0 aromatic heterocycles. The molecule has 1 aliphatic rings. The van der Waals surface area contributed by atoms with E-state index in [0.717, 1.165) is 25.7 Å². The van der Waals surface area contributed by atoms with Crippen molar-refractivity contribution in [3.8, 4) is 0 Å². The van der Waals surface area contributed by atoms with Gasteiger partial charge in [0.2, 0.25) is 0 Å². The maximum absolute atomic E-state index is 5.45. The second kappa shape index (κ2) is 8.97. The fourth-order valence-corrected chi connectivity index (χ4v) is 2.38. The van der Waals surface area contributed by atoms with Gasteiger partial charge in [-0.3, -0.25) is 0 Å². The molecule has 0 aromatic carbocycles. The lowest BCUT2D eigenvalue weighted by atomic mass is 9.97. The Morgan fingerprint density at radius 1 is 1.19 bits per heavy atom. The summed E-state index contributed by atoms with van der Waals surface area (Å²) >= 11 is 0. The Bertz CT molecular complexity index is 158. The zero-order valence-electron chi connectivity index (χ0n) is 11.0. The lowest BCUT2D eigenvalue weighted by Gasteiger charge is -2.29. The van der Waals surface area contributed by atoms with Gasteiger partial charge >= 0.3 is 0 Å². The van der Waals surface area contributed by atoms with Crippen molar-refractivity contribution in [1.29, 1.82) is 0 Å². The minimum absolute atomic E-state index is 0.841. The summed E-state index contributed by atoms with van der Waals surface area (Å²) in [5.74, 6) is 0.898. The Hall–Kier alpha value is -0.120. The summed E-state index contributed by atoms with van der Waals surface area (Å²) in [5, 5.41) is 3.43. The molecule has 1 fully saturated rings. The number of ether oxygens (including phenoxy) is 1. The highest BCUT2D eigenvalue weighted by Gasteiger charge is 2.16. The molecule has 96 valence electrons. The van der Waals surface area contributed by atoms with Gasteiger partial charge in [-0.2, -0.15) is 0 Å². The fraction of sp³-hybridized carbons (Fsp3) is 1.00. The van der Waals surface area contributed by atoms with Crippen molar-refractivity contribution < 1.29 is 4.74 Å². The third kappa shape index (κ3) is 5.83. The van der Waals surface area contributed by atoms with Gasteiger partial charge in [-0.15, -0.1) is 0 Å². The molecule has 0 aliphatic carbocycles. The number of piperidine rings is 1. The molecule has 16 heavy (non-hydrogen) atoms. The molecule has 1 aliphatic heterocycles. The molecule has 0 aromatic rings. The number of hydrogen-bond acceptors (Lipinski definition) is 3. The third-order valence-electron chi connectivity index (χ3n) is 3.27. The lowest BCUT2D eigenvalue weighted by Crippen LogP contribution is -2.38. The molecule has 0 radical (unpaired) electrons. The van der Waals surface area contributed by atoms with Crippen molar-refractivity contribution >= 4 is 0 Å². The van der Waals surface area contributed by atoms with Crippen LogP contribution in [0, 0.1) is 5.92 Å². The van der Waals surface area contributed by atoms with Crippen LogP contribution in [-0.4, -0.2) is 50.8 Å². The minimum Gasteiger partial charge on any atom is -0.380 e. The van der Waals surface area contributed by atoms with Crippen molar-refractivity contribution in [3.63, 3.8) is 0 Å². The zero-order valence-corrected chi connectivity index (χ0v) is 11.0. The highest BCUT2D eigenvalue weighted by Crippen LogP contribution is 2.13. The van der Waals surface area contributed by atoms with Gasteiger partial charge in [0.25, 0.3) is 0 Å². The van der Waals surface area contributed by atoms with E-state index in [1.807, 2.05) is 0 Å². The van der Waals surface area contributed by atoms with Crippen LogP contribution in [0.3, 0.4) is 0 Å². The monoisotopic (exact) mass is 228 g/mol. The zero-order chi connectivity index (χ0) is 11.6. The van der Waals surface area contributed by atoms with E-state index in [4.69, 9.17) is 4.74 Å². The van der Waals surface area contributed by atoms with Crippen LogP contribution >= 0.6 is 0 Å². The molecule has 0 amide bonds. The molecule has 3 nitrogen and oxygen atoms in total. The second-order valence-electron chi connectivity index (χ2n) is 4.69. The maximum Gasteiger partial charge on any atom is 0.0593 e. The minimum atomic E-state index is 0.841. The highest BCUT2D eigenvalue weighted by atomic mass is 16.5. The molecule has 1 rings (SSSR count). The van der Waals surface area contributed by atoms with Crippen LogP contribution in [-0.2, 0) is 4.74 Å². The van der Waals surface area contributed by atoms with Crippen LogP contribution in [0.15, 0.2) is 0 Å². The fourth-order valence-electron chi connectivity index (χ4n) is 2.38. The van der Waals surface area contributed by atoms with Crippen LogP contribution < -0.4 is 5.32 Å². The Morgan fingerprint density at radius 3 is 2.56 bits per heavy atom. The predicted molar refractivity (Wildman–Crippen MR) is 68.8 cm³/mol. The van der Waals surface area contributed by atoms with Gasteiger partial charge in [0.05, 0.1) is 6.61 Å². The first-order chi connectivity index (χ1) is 7.86. The number of nitrogens with one attached hydrogen (secondary N) is 1. The topological polar surface area (TPSA) is 24.5 Å². The van der Waals surface area contributed by atoms with E-state index in [9.17, 15) is 0 Å². The molecule has 1 heterocycles. The summed E-state index contributed by atoms with van der Waals surface area (Å²) in [7, 11) is 0. The molecule has 0 bridgehead atoms. The van der Waals surface area contributed by atoms with Gasteiger partial charge in [0.1, 0.15) is 0 Å². The molecule has 0 spiro atoms. The average Bonchev–Trinajstić information content (AvgIpc) is 2.31. The van der Waals surface area contributed by atoms with Gasteiger partial charge in [-0.1, -0.05) is 6.92 Å². The smallest absolute Gasteiger partial charge is 0.0593 e. The Kier molecular flexibility index (Phi) is 7.81. The quantitative estimate of drug-likeness (QED) is 0.640. The van der Waals surface area contributed by atoms with Crippen molar-refractivity contribution in [2.24, 2.45) is 5.92 Å². The van der Waals surface area contributed by atoms with Gasteiger partial charge < -0.3 is 15.0 Å². The van der Waals surface area contributed by atoms with E-state index in [2.05, 4.69) is 24.1 Å². The van der Waals surface area contributed by atoms with Crippen LogP contribution in [0.4, 0.5) is 0 Å². The van der Waals surface area contributed by atoms with Crippen LogP contribution in [0.25, 0.3) is 0 Å². The predicted octanol–water partition coefficient (Wildman–Crippen LogP) is 1.73. The van der Waals surface area contributed by atoms with E-state index in [-0.39, 0.29) is 0 Å². The number of hydrogen-bond donors (Lipinski definition) is 1. The summed E-state index contributed by atoms with van der Waals surface area (Å²) in [6, 6.07) is 0. The van der Waals surface area contributed by atoms with E-state index < -0.39 is 0 Å². The molecule has 3 heteroatoms. The van der Waals surface area contributed by atoms with Gasteiger partial charge in [0, 0.05) is 19.7 Å². The summed E-state index contributed by atoms with van der Waals surface area (Å²) in [4.78, 5) is 2.58. The van der Waals surface area contributed by atoms with Gasteiger partial charge in [-0.25, -0.2) is 0 Å². The van der Waals surface area contributed by atoms with Crippen LogP contribution in [0.2, 0.25) is 0 Å². The Morgan fingerprint density at radius 2 is 1.94 bits per heavy atom. The highest BCUT2D eigenvalue weighted by molar-refractivity contribution is 4.72. The summed E-state index contributed by atoms with van der Waals surface area (Å²) in [5.41, 5.74) is 0. The largest absolute Gasteiger partial charge is 0.380 e. The van der Waals surface area contributed by atoms with E-state index in [1.165, 1.54) is 45.4 Å². The van der Waals surface area contributed by atoms with Crippen molar-refractivity contribution in [1.82, 2.24) is 10.2 Å². The molecule has 0 saturated carbocycles. The van der Waals surface area contributed by atoms with Crippen LogP contribution in [0.5, 0.6) is 0 Å². The number of rotatable bonds is 8. The summed E-state index contributed by atoms with van der Waals surface area (Å²) in [6.45, 7) is 12.1. The Labute approximate surface area is 101 Å². The maximum atomic E-state index is 5.45. The lowest BCUT2D eigenvalue weighted by molar-refractivity contribution is 0.103. The van der Waals surface area contributed by atoms with Crippen molar-refractivity contribution in [2.75, 3.05) is 45.9 Å². The Balaban J connectivity index is 2.19. The average molecular weight is 228 g/mol. The van der Waals surface area contributed by atoms with E-state index in [0.29, 0.717) is 0 Å². The first-order valence-corrected chi connectivity index (χ1v) is 6.87. The molecule has 1 saturated heterocycles. The molecule has 0 atom stereocenters. The first kappa shape index (κ1) is 13.9. The second-order valence-corrected chi connectivity index (χ2v) is 4.69. The number of nitrogens with zero attached hydrogens (tertiary/aromatic N) is 1. The molecular formula is C13H28N2O. The molecule has 1 N–H and O–H groups in total. The molecular weight excluding hydrogens is 200 g/mol. The third-order valence-corrected chi connectivity index (χ3v) is 3.27. The van der Waals surface area contributed by atoms with Gasteiger partial charge in [-0.05, 0) is 51.7 Å².